The van der Waals surface area contributed by atoms with E-state index in [9.17, 15) is 0 Å². The van der Waals surface area contributed by atoms with Gasteiger partial charge in [0.1, 0.15) is 0 Å². The third kappa shape index (κ3) is 5.53. The predicted octanol–water partition coefficient (Wildman–Crippen LogP) is 2.64. The zero-order chi connectivity index (χ0) is 11.1. The second-order valence-electron chi connectivity index (χ2n) is 4.82. The van der Waals surface area contributed by atoms with Gasteiger partial charge in [0, 0.05) is 12.1 Å². The van der Waals surface area contributed by atoms with E-state index in [0.717, 1.165) is 12.1 Å². The van der Waals surface area contributed by atoms with Gasteiger partial charge < -0.3 is 10.2 Å². The highest BCUT2D eigenvalue weighted by molar-refractivity contribution is 4.80. The van der Waals surface area contributed by atoms with Gasteiger partial charge in [0.2, 0.25) is 0 Å². The van der Waals surface area contributed by atoms with Crippen molar-refractivity contribution in [1.29, 1.82) is 0 Å². The quantitative estimate of drug-likeness (QED) is 0.591. The van der Waals surface area contributed by atoms with E-state index in [0.29, 0.717) is 0 Å². The van der Waals surface area contributed by atoms with E-state index in [1.165, 1.54) is 51.7 Å². The molecule has 0 aromatic carbocycles. The van der Waals surface area contributed by atoms with Crippen LogP contribution in [0.3, 0.4) is 0 Å². The monoisotopic (exact) mass is 212 g/mol. The molecule has 0 spiro atoms. The van der Waals surface area contributed by atoms with Crippen LogP contribution < -0.4 is 5.32 Å². The molecular weight excluding hydrogens is 184 g/mol. The highest BCUT2D eigenvalue weighted by Crippen LogP contribution is 2.18. The summed E-state index contributed by atoms with van der Waals surface area (Å²) in [4.78, 5) is 2.59. The third-order valence-electron chi connectivity index (χ3n) is 3.50. The molecular formula is C13H28N2. The Hall–Kier alpha value is -0.0800. The number of unbranched alkanes of at least 4 members (excludes halogenated alkanes) is 1. The van der Waals surface area contributed by atoms with Crippen molar-refractivity contribution in [1.82, 2.24) is 10.2 Å². The molecule has 0 aromatic heterocycles. The molecule has 1 fully saturated rings. The van der Waals surface area contributed by atoms with Crippen LogP contribution in [-0.2, 0) is 0 Å². The van der Waals surface area contributed by atoms with Crippen molar-refractivity contribution < 1.29 is 0 Å². The van der Waals surface area contributed by atoms with Crippen molar-refractivity contribution in [3.63, 3.8) is 0 Å². The minimum Gasteiger partial charge on any atom is -0.314 e. The summed E-state index contributed by atoms with van der Waals surface area (Å²) >= 11 is 0. The Kier molecular flexibility index (Phi) is 6.26. The van der Waals surface area contributed by atoms with Crippen LogP contribution in [0.5, 0.6) is 0 Å². The van der Waals surface area contributed by atoms with Crippen molar-refractivity contribution in [2.24, 2.45) is 0 Å². The summed E-state index contributed by atoms with van der Waals surface area (Å²) in [6, 6.07) is 1.63. The Bertz CT molecular complexity index is 155. The summed E-state index contributed by atoms with van der Waals surface area (Å²) in [6.07, 6.45) is 6.78. The minimum absolute atomic E-state index is 0.756. The van der Waals surface area contributed by atoms with Crippen LogP contribution in [-0.4, -0.2) is 36.6 Å². The first kappa shape index (κ1) is 13.0. The normalized spacial score (nSPS) is 18.4. The van der Waals surface area contributed by atoms with Crippen molar-refractivity contribution in [2.45, 2.75) is 65.0 Å². The highest BCUT2D eigenvalue weighted by atomic mass is 15.1. The molecule has 1 rings (SSSR count). The lowest BCUT2D eigenvalue weighted by molar-refractivity contribution is 0.210. The van der Waals surface area contributed by atoms with Gasteiger partial charge in [-0.25, -0.2) is 0 Å². The van der Waals surface area contributed by atoms with Crippen molar-refractivity contribution in [2.75, 3.05) is 19.6 Å². The van der Waals surface area contributed by atoms with E-state index in [1.807, 2.05) is 0 Å². The summed E-state index contributed by atoms with van der Waals surface area (Å²) in [5, 5.41) is 3.57. The maximum absolute atomic E-state index is 3.57. The van der Waals surface area contributed by atoms with E-state index >= 15 is 0 Å². The van der Waals surface area contributed by atoms with Gasteiger partial charge in [-0.1, -0.05) is 13.8 Å². The van der Waals surface area contributed by atoms with Gasteiger partial charge in [-0.3, -0.25) is 0 Å². The average Bonchev–Trinajstić information content (AvgIpc) is 3.06. The summed E-state index contributed by atoms with van der Waals surface area (Å²) < 4.78 is 0. The Labute approximate surface area is 95.4 Å². The number of nitrogens with one attached hydrogen (secondary N) is 1. The van der Waals surface area contributed by atoms with Gasteiger partial charge in [0.05, 0.1) is 0 Å². The van der Waals surface area contributed by atoms with Gasteiger partial charge in [-0.15, -0.1) is 0 Å². The van der Waals surface area contributed by atoms with Crippen molar-refractivity contribution >= 4 is 0 Å². The summed E-state index contributed by atoms with van der Waals surface area (Å²) in [6.45, 7) is 10.6. The van der Waals surface area contributed by atoms with Crippen LogP contribution in [0.1, 0.15) is 52.9 Å². The molecule has 0 aliphatic heterocycles. The van der Waals surface area contributed by atoms with Gasteiger partial charge in [0.25, 0.3) is 0 Å². The molecule has 1 saturated carbocycles. The number of nitrogens with zero attached hydrogens (tertiary/aromatic N) is 1. The zero-order valence-electron chi connectivity index (χ0n) is 10.8. The molecule has 90 valence electrons. The molecule has 2 heteroatoms. The van der Waals surface area contributed by atoms with E-state index in [-0.39, 0.29) is 0 Å². The van der Waals surface area contributed by atoms with Crippen LogP contribution in [0.2, 0.25) is 0 Å². The average molecular weight is 212 g/mol. The summed E-state index contributed by atoms with van der Waals surface area (Å²) in [7, 11) is 0. The lowest BCUT2D eigenvalue weighted by Gasteiger charge is -2.26. The maximum atomic E-state index is 3.57. The Morgan fingerprint density at radius 2 is 2.00 bits per heavy atom. The van der Waals surface area contributed by atoms with Crippen LogP contribution in [0.4, 0.5) is 0 Å². The highest BCUT2D eigenvalue weighted by Gasteiger charge is 2.19. The smallest absolute Gasteiger partial charge is 0.00682 e. The Morgan fingerprint density at radius 1 is 1.27 bits per heavy atom. The molecule has 2 nitrogen and oxygen atoms in total. The van der Waals surface area contributed by atoms with E-state index in [2.05, 4.69) is 31.0 Å². The SMILES string of the molecule is CCC(C)N(CC)CCCCNC1CC1. The first-order valence-electron chi connectivity index (χ1n) is 6.75. The molecule has 0 heterocycles. The molecule has 1 N–H and O–H groups in total. The largest absolute Gasteiger partial charge is 0.314 e. The Balaban J connectivity index is 1.95. The fraction of sp³-hybridized carbons (Fsp3) is 1.00. The van der Waals surface area contributed by atoms with Gasteiger partial charge in [0.15, 0.2) is 0 Å². The molecule has 0 amide bonds. The molecule has 0 aromatic rings. The molecule has 0 radical (unpaired) electrons. The topological polar surface area (TPSA) is 15.3 Å². The van der Waals surface area contributed by atoms with Gasteiger partial charge in [-0.2, -0.15) is 0 Å². The fourth-order valence-electron chi connectivity index (χ4n) is 1.98. The first-order valence-corrected chi connectivity index (χ1v) is 6.75. The van der Waals surface area contributed by atoms with Crippen LogP contribution in [0.25, 0.3) is 0 Å². The number of hydrogen-bond acceptors (Lipinski definition) is 2. The third-order valence-corrected chi connectivity index (χ3v) is 3.50. The molecule has 1 aliphatic rings. The van der Waals surface area contributed by atoms with E-state index in [1.54, 1.807) is 0 Å². The minimum atomic E-state index is 0.756. The lowest BCUT2D eigenvalue weighted by atomic mass is 10.2. The van der Waals surface area contributed by atoms with E-state index < -0.39 is 0 Å². The van der Waals surface area contributed by atoms with Crippen molar-refractivity contribution in [3.05, 3.63) is 0 Å². The predicted molar refractivity (Wildman–Crippen MR) is 67.3 cm³/mol. The zero-order valence-corrected chi connectivity index (χ0v) is 10.8. The van der Waals surface area contributed by atoms with Crippen LogP contribution in [0, 0.1) is 0 Å². The lowest BCUT2D eigenvalue weighted by Crippen LogP contribution is -2.33. The summed E-state index contributed by atoms with van der Waals surface area (Å²) in [5.41, 5.74) is 0. The van der Waals surface area contributed by atoms with E-state index in [4.69, 9.17) is 0 Å². The molecule has 1 unspecified atom stereocenters. The van der Waals surface area contributed by atoms with Crippen LogP contribution in [0.15, 0.2) is 0 Å². The fourth-order valence-corrected chi connectivity index (χ4v) is 1.98. The van der Waals surface area contributed by atoms with Gasteiger partial charge in [-0.05, 0) is 58.7 Å². The molecule has 1 atom stereocenters. The molecule has 0 saturated heterocycles. The number of rotatable bonds is 9. The van der Waals surface area contributed by atoms with Gasteiger partial charge >= 0.3 is 0 Å². The first-order chi connectivity index (χ1) is 7.27. The second kappa shape index (κ2) is 7.24. The number of hydrogen-bond donors (Lipinski definition) is 1. The molecule has 1 aliphatic carbocycles. The maximum Gasteiger partial charge on any atom is 0.00682 e. The standard InChI is InChI=1S/C13H28N2/c1-4-12(3)15(5-2)11-7-6-10-14-13-8-9-13/h12-14H,4-11H2,1-3H3. The second-order valence-corrected chi connectivity index (χ2v) is 4.82. The molecule has 0 bridgehead atoms. The summed E-state index contributed by atoms with van der Waals surface area (Å²) in [5.74, 6) is 0. The van der Waals surface area contributed by atoms with Crippen molar-refractivity contribution in [3.8, 4) is 0 Å². The molecule has 15 heavy (non-hydrogen) atoms. The Morgan fingerprint density at radius 3 is 2.53 bits per heavy atom. The van der Waals surface area contributed by atoms with Crippen LogP contribution >= 0.6 is 0 Å².